The van der Waals surface area contributed by atoms with E-state index < -0.39 is 6.10 Å². The zero-order valence-electron chi connectivity index (χ0n) is 17.5. The molecule has 1 aliphatic heterocycles. The van der Waals surface area contributed by atoms with Crippen LogP contribution in [-0.2, 0) is 11.3 Å². The molecule has 0 saturated heterocycles. The molecule has 0 aliphatic carbocycles. The van der Waals surface area contributed by atoms with Gasteiger partial charge in [0.05, 0.1) is 11.8 Å². The monoisotopic (exact) mass is 470 g/mol. The molecule has 2 atom stereocenters. The van der Waals surface area contributed by atoms with Crippen molar-refractivity contribution >= 4 is 29.3 Å². The molecule has 1 amide bonds. The van der Waals surface area contributed by atoms with Crippen molar-refractivity contribution in [3.05, 3.63) is 77.6 Å². The van der Waals surface area contributed by atoms with Gasteiger partial charge >= 0.3 is 0 Å². The molecule has 0 saturated carbocycles. The number of aromatic nitrogens is 3. The maximum absolute atomic E-state index is 12.5. The van der Waals surface area contributed by atoms with Gasteiger partial charge in [-0.2, -0.15) is 0 Å². The summed E-state index contributed by atoms with van der Waals surface area (Å²) >= 11 is 7.36. The fourth-order valence-corrected chi connectivity index (χ4v) is 4.33. The Morgan fingerprint density at radius 3 is 2.91 bits per heavy atom. The number of amides is 1. The van der Waals surface area contributed by atoms with Gasteiger partial charge in [0.2, 0.25) is 5.91 Å². The van der Waals surface area contributed by atoms with E-state index >= 15 is 0 Å². The van der Waals surface area contributed by atoms with Gasteiger partial charge in [0.15, 0.2) is 28.6 Å². The lowest BCUT2D eigenvalue weighted by molar-refractivity contribution is -0.119. The highest BCUT2D eigenvalue weighted by atomic mass is 35.5. The number of ether oxygens (including phenoxy) is 2. The molecule has 0 unspecified atom stereocenters. The summed E-state index contributed by atoms with van der Waals surface area (Å²) in [5, 5.41) is 12.8. The number of nitrogens with one attached hydrogen (secondary N) is 1. The number of allylic oxidation sites excluding steroid dienone is 1. The van der Waals surface area contributed by atoms with Crippen LogP contribution in [0.4, 0.5) is 0 Å². The molecule has 3 aromatic rings. The van der Waals surface area contributed by atoms with Crippen LogP contribution in [-0.4, -0.2) is 33.0 Å². The lowest BCUT2D eigenvalue weighted by atomic mass is 10.1. The van der Waals surface area contributed by atoms with Gasteiger partial charge in [-0.15, -0.1) is 16.8 Å². The second kappa shape index (κ2) is 10.1. The third kappa shape index (κ3) is 5.08. The number of nitrogens with zero attached hydrogens (tertiary/aromatic N) is 3. The van der Waals surface area contributed by atoms with Crippen molar-refractivity contribution < 1.29 is 14.3 Å². The number of rotatable bonds is 8. The zero-order valence-corrected chi connectivity index (χ0v) is 19.1. The number of thioether (sulfide) groups is 1. The minimum absolute atomic E-state index is 0.108. The number of hydrogen-bond acceptors (Lipinski definition) is 6. The van der Waals surface area contributed by atoms with Crippen LogP contribution in [0, 0.1) is 0 Å². The van der Waals surface area contributed by atoms with Crippen molar-refractivity contribution in [3.63, 3.8) is 0 Å². The molecule has 2 aromatic carbocycles. The van der Waals surface area contributed by atoms with Gasteiger partial charge in [0.1, 0.15) is 6.61 Å². The standard InChI is InChI=1S/C23H23ClN4O3S/c1-3-11-28-22(20-13-30-18-9-4-5-10-19(18)31-20)26-27-23(28)32-14-21(29)25-15(2)16-7-6-8-17(24)12-16/h3-10,12,15,20H,1,11,13-14H2,2H3,(H,25,29)/t15-,20-/m0/s1. The predicted octanol–water partition coefficient (Wildman–Crippen LogP) is 4.60. The molecule has 1 N–H and O–H groups in total. The van der Waals surface area contributed by atoms with Gasteiger partial charge < -0.3 is 14.8 Å². The average molecular weight is 471 g/mol. The second-order valence-corrected chi connectivity index (χ2v) is 8.62. The molecule has 7 nitrogen and oxygen atoms in total. The van der Waals surface area contributed by atoms with Gasteiger partial charge in [-0.05, 0) is 36.8 Å². The van der Waals surface area contributed by atoms with Crippen LogP contribution < -0.4 is 14.8 Å². The number of carbonyl (C=O) groups is 1. The molecule has 1 aromatic heterocycles. The Morgan fingerprint density at radius 1 is 1.31 bits per heavy atom. The molecular weight excluding hydrogens is 448 g/mol. The molecule has 166 valence electrons. The average Bonchev–Trinajstić information content (AvgIpc) is 3.20. The topological polar surface area (TPSA) is 78.3 Å². The number of benzene rings is 2. The summed E-state index contributed by atoms with van der Waals surface area (Å²) in [4.78, 5) is 12.5. The van der Waals surface area contributed by atoms with Gasteiger partial charge in [-0.25, -0.2) is 0 Å². The second-order valence-electron chi connectivity index (χ2n) is 7.24. The van der Waals surface area contributed by atoms with E-state index in [2.05, 4.69) is 22.1 Å². The SMILES string of the molecule is C=CCn1c(SCC(=O)N[C@@H](C)c2cccc(Cl)c2)nnc1[C@@H]1COc2ccccc2O1. The van der Waals surface area contributed by atoms with Gasteiger partial charge in [0, 0.05) is 11.6 Å². The Morgan fingerprint density at radius 2 is 2.12 bits per heavy atom. The van der Waals surface area contributed by atoms with Crippen LogP contribution in [0.25, 0.3) is 0 Å². The molecule has 0 spiro atoms. The Bertz CT molecular complexity index is 1120. The van der Waals surface area contributed by atoms with Gasteiger partial charge in [-0.1, -0.05) is 53.7 Å². The summed E-state index contributed by atoms with van der Waals surface area (Å²) in [5.74, 6) is 2.10. The summed E-state index contributed by atoms with van der Waals surface area (Å²) in [5.41, 5.74) is 0.947. The minimum atomic E-state index is -0.400. The van der Waals surface area contributed by atoms with Gasteiger partial charge in [-0.3, -0.25) is 9.36 Å². The first-order chi connectivity index (χ1) is 15.5. The van der Waals surface area contributed by atoms with Crippen LogP contribution in [0.5, 0.6) is 11.5 Å². The molecule has 4 rings (SSSR count). The normalized spacial score (nSPS) is 15.8. The quantitative estimate of drug-likeness (QED) is 0.383. The molecule has 0 radical (unpaired) electrons. The molecule has 32 heavy (non-hydrogen) atoms. The summed E-state index contributed by atoms with van der Waals surface area (Å²) in [6.07, 6.45) is 1.36. The number of halogens is 1. The Hall–Kier alpha value is -2.97. The first kappa shape index (κ1) is 22.2. The smallest absolute Gasteiger partial charge is 0.230 e. The molecule has 1 aliphatic rings. The number of carbonyl (C=O) groups excluding carboxylic acids is 1. The first-order valence-corrected chi connectivity index (χ1v) is 11.5. The molecule has 0 fully saturated rings. The summed E-state index contributed by atoms with van der Waals surface area (Å²) in [7, 11) is 0. The third-order valence-corrected chi connectivity index (χ3v) is 6.11. The van der Waals surface area contributed by atoms with Crippen molar-refractivity contribution in [1.29, 1.82) is 0 Å². The van der Waals surface area contributed by atoms with E-state index in [1.165, 1.54) is 11.8 Å². The molecule has 0 bridgehead atoms. The fraction of sp³-hybridized carbons (Fsp3) is 0.261. The van der Waals surface area contributed by atoms with Crippen LogP contribution >= 0.6 is 23.4 Å². The highest BCUT2D eigenvalue weighted by Gasteiger charge is 2.28. The van der Waals surface area contributed by atoms with E-state index in [-0.39, 0.29) is 17.7 Å². The number of fused-ring (bicyclic) bond motifs is 1. The number of hydrogen-bond donors (Lipinski definition) is 1. The maximum atomic E-state index is 12.5. The first-order valence-electron chi connectivity index (χ1n) is 10.1. The van der Waals surface area contributed by atoms with Gasteiger partial charge in [0.25, 0.3) is 0 Å². The van der Waals surface area contributed by atoms with E-state index in [1.807, 2.05) is 54.0 Å². The summed E-state index contributed by atoms with van der Waals surface area (Å²) in [6, 6.07) is 14.8. The van der Waals surface area contributed by atoms with Crippen LogP contribution in [0.2, 0.25) is 5.02 Å². The highest BCUT2D eigenvalue weighted by Crippen LogP contribution is 2.36. The Labute approximate surface area is 195 Å². The van der Waals surface area contributed by atoms with Crippen molar-refractivity contribution in [2.24, 2.45) is 0 Å². The highest BCUT2D eigenvalue weighted by molar-refractivity contribution is 7.99. The molecular formula is C23H23ClN4O3S. The Balaban J connectivity index is 1.41. The minimum Gasteiger partial charge on any atom is -0.485 e. The lowest BCUT2D eigenvalue weighted by Gasteiger charge is -2.26. The molecule has 9 heteroatoms. The fourth-order valence-electron chi connectivity index (χ4n) is 3.36. The predicted molar refractivity (Wildman–Crippen MR) is 124 cm³/mol. The Kier molecular flexibility index (Phi) is 7.02. The maximum Gasteiger partial charge on any atom is 0.230 e. The van der Waals surface area contributed by atoms with Crippen molar-refractivity contribution in [2.45, 2.75) is 30.8 Å². The third-order valence-electron chi connectivity index (χ3n) is 4.91. The molecule has 2 heterocycles. The van der Waals surface area contributed by atoms with Crippen LogP contribution in [0.15, 0.2) is 66.3 Å². The van der Waals surface area contributed by atoms with E-state index in [4.69, 9.17) is 21.1 Å². The van der Waals surface area contributed by atoms with E-state index in [0.717, 1.165) is 5.56 Å². The van der Waals surface area contributed by atoms with Crippen LogP contribution in [0.3, 0.4) is 0 Å². The lowest BCUT2D eigenvalue weighted by Crippen LogP contribution is -2.28. The van der Waals surface area contributed by atoms with Crippen molar-refractivity contribution in [3.8, 4) is 11.5 Å². The summed E-state index contributed by atoms with van der Waals surface area (Å²) < 4.78 is 13.8. The van der Waals surface area contributed by atoms with Crippen molar-refractivity contribution in [1.82, 2.24) is 20.1 Å². The van der Waals surface area contributed by atoms with Crippen molar-refractivity contribution in [2.75, 3.05) is 12.4 Å². The zero-order chi connectivity index (χ0) is 22.5. The van der Waals surface area contributed by atoms with E-state index in [9.17, 15) is 4.79 Å². The largest absolute Gasteiger partial charge is 0.485 e. The number of para-hydroxylation sites is 2. The van der Waals surface area contributed by atoms with E-state index in [0.29, 0.717) is 40.7 Å². The van der Waals surface area contributed by atoms with E-state index in [1.54, 1.807) is 12.1 Å². The van der Waals surface area contributed by atoms with Crippen LogP contribution in [0.1, 0.15) is 30.5 Å². The summed E-state index contributed by atoms with van der Waals surface area (Å²) in [6.45, 7) is 6.57.